The Balaban J connectivity index is 1.93. The number of para-hydroxylation sites is 1. The van der Waals surface area contributed by atoms with E-state index in [1.54, 1.807) is 17.0 Å². The molecule has 1 fully saturated rings. The van der Waals surface area contributed by atoms with E-state index in [4.69, 9.17) is 15.2 Å². The van der Waals surface area contributed by atoms with Crippen LogP contribution in [0.4, 0.5) is 5.69 Å². The summed E-state index contributed by atoms with van der Waals surface area (Å²) < 4.78 is 10.7. The van der Waals surface area contributed by atoms with Crippen LogP contribution in [0.2, 0.25) is 0 Å². The molecule has 2 rings (SSSR count). The first-order chi connectivity index (χ1) is 10.4. The summed E-state index contributed by atoms with van der Waals surface area (Å²) in [5, 5.41) is 0. The molecular weight excluding hydrogens is 284 g/mol. The van der Waals surface area contributed by atoms with Gasteiger partial charge in [-0.25, -0.2) is 4.79 Å². The molecule has 1 aliphatic rings. The van der Waals surface area contributed by atoms with Crippen LogP contribution in [0.15, 0.2) is 18.2 Å². The average molecular weight is 306 g/mol. The second kappa shape index (κ2) is 6.79. The molecule has 2 atom stereocenters. The lowest BCUT2D eigenvalue weighted by Gasteiger charge is -2.35. The van der Waals surface area contributed by atoms with Crippen LogP contribution in [-0.4, -0.2) is 48.7 Å². The number of nitrogens with zero attached hydrogens (tertiary/aromatic N) is 1. The maximum atomic E-state index is 12.1. The minimum Gasteiger partial charge on any atom is -0.452 e. The van der Waals surface area contributed by atoms with Crippen molar-refractivity contribution in [2.45, 2.75) is 33.0 Å². The summed E-state index contributed by atoms with van der Waals surface area (Å²) in [7, 11) is 0. The van der Waals surface area contributed by atoms with Crippen LogP contribution in [0.1, 0.15) is 29.8 Å². The van der Waals surface area contributed by atoms with Crippen LogP contribution in [-0.2, 0) is 14.3 Å². The molecule has 0 bridgehead atoms. The first kappa shape index (κ1) is 16.3. The highest BCUT2D eigenvalue weighted by Crippen LogP contribution is 2.17. The zero-order valence-electron chi connectivity index (χ0n) is 13.2. The van der Waals surface area contributed by atoms with Crippen LogP contribution in [0.3, 0.4) is 0 Å². The van der Waals surface area contributed by atoms with Crippen molar-refractivity contribution in [3.05, 3.63) is 29.3 Å². The van der Waals surface area contributed by atoms with Gasteiger partial charge in [-0.2, -0.15) is 0 Å². The van der Waals surface area contributed by atoms with Crippen molar-refractivity contribution in [2.75, 3.05) is 25.4 Å². The van der Waals surface area contributed by atoms with E-state index in [0.29, 0.717) is 18.8 Å². The first-order valence-electron chi connectivity index (χ1n) is 7.34. The van der Waals surface area contributed by atoms with E-state index in [9.17, 15) is 9.59 Å². The normalized spacial score (nSPS) is 21.5. The van der Waals surface area contributed by atoms with E-state index < -0.39 is 5.97 Å². The van der Waals surface area contributed by atoms with Crippen molar-refractivity contribution >= 4 is 17.6 Å². The van der Waals surface area contributed by atoms with Crippen molar-refractivity contribution in [3.63, 3.8) is 0 Å². The molecule has 0 unspecified atom stereocenters. The summed E-state index contributed by atoms with van der Waals surface area (Å²) in [6.45, 7) is 6.37. The van der Waals surface area contributed by atoms with Crippen molar-refractivity contribution < 1.29 is 19.1 Å². The number of esters is 1. The number of nitrogens with two attached hydrogens (primary N) is 1. The predicted octanol–water partition coefficient (Wildman–Crippen LogP) is 1.37. The van der Waals surface area contributed by atoms with E-state index in [0.717, 1.165) is 5.56 Å². The summed E-state index contributed by atoms with van der Waals surface area (Å²) in [4.78, 5) is 25.8. The van der Waals surface area contributed by atoms with Crippen LogP contribution in [0, 0.1) is 6.92 Å². The van der Waals surface area contributed by atoms with E-state index in [1.807, 2.05) is 26.8 Å². The van der Waals surface area contributed by atoms with Gasteiger partial charge < -0.3 is 20.1 Å². The maximum Gasteiger partial charge on any atom is 0.340 e. The molecule has 0 spiro atoms. The summed E-state index contributed by atoms with van der Waals surface area (Å²) in [6, 6.07) is 5.14. The largest absolute Gasteiger partial charge is 0.452 e. The number of carbonyl (C=O) groups is 2. The Kier molecular flexibility index (Phi) is 5.03. The minimum absolute atomic E-state index is 0.0178. The van der Waals surface area contributed by atoms with Crippen LogP contribution in [0.5, 0.6) is 0 Å². The van der Waals surface area contributed by atoms with Gasteiger partial charge in [0.05, 0.1) is 17.8 Å². The number of hydrogen-bond donors (Lipinski definition) is 1. The van der Waals surface area contributed by atoms with Crippen LogP contribution in [0.25, 0.3) is 0 Å². The van der Waals surface area contributed by atoms with Gasteiger partial charge in [0.1, 0.15) is 0 Å². The number of aryl methyl sites for hydroxylation is 1. The molecule has 0 radical (unpaired) electrons. The van der Waals surface area contributed by atoms with E-state index >= 15 is 0 Å². The summed E-state index contributed by atoms with van der Waals surface area (Å²) in [5.41, 5.74) is 7.33. The van der Waals surface area contributed by atoms with Crippen molar-refractivity contribution in [1.82, 2.24) is 4.90 Å². The monoisotopic (exact) mass is 306 g/mol. The second-order valence-corrected chi connectivity index (χ2v) is 5.67. The maximum absolute atomic E-state index is 12.1. The highest BCUT2D eigenvalue weighted by molar-refractivity contribution is 5.96. The molecule has 120 valence electrons. The van der Waals surface area contributed by atoms with Gasteiger partial charge in [0, 0.05) is 18.8 Å². The lowest BCUT2D eigenvalue weighted by Crippen LogP contribution is -2.49. The molecule has 0 aromatic heterocycles. The fourth-order valence-corrected chi connectivity index (χ4v) is 2.54. The molecule has 2 N–H and O–H groups in total. The number of rotatable bonds is 3. The highest BCUT2D eigenvalue weighted by atomic mass is 16.5. The van der Waals surface area contributed by atoms with Crippen molar-refractivity contribution in [3.8, 4) is 0 Å². The number of anilines is 1. The summed E-state index contributed by atoms with van der Waals surface area (Å²) >= 11 is 0. The van der Waals surface area contributed by atoms with Gasteiger partial charge in [-0.15, -0.1) is 0 Å². The van der Waals surface area contributed by atoms with Gasteiger partial charge in [-0.1, -0.05) is 12.1 Å². The SMILES string of the molecule is Cc1cccc(C(=O)OCC(=O)N2C[C@@H](C)O[C@H](C)C2)c1N. The van der Waals surface area contributed by atoms with E-state index in [1.165, 1.54) is 0 Å². The smallest absolute Gasteiger partial charge is 0.340 e. The Bertz CT molecular complexity index is 563. The van der Waals surface area contributed by atoms with E-state index in [2.05, 4.69) is 0 Å². The number of morpholine rings is 1. The molecule has 1 aromatic carbocycles. The van der Waals surface area contributed by atoms with Gasteiger partial charge in [0.15, 0.2) is 6.61 Å². The Morgan fingerprint density at radius 2 is 1.95 bits per heavy atom. The molecule has 1 amide bonds. The van der Waals surface area contributed by atoms with Crippen LogP contribution >= 0.6 is 0 Å². The van der Waals surface area contributed by atoms with Gasteiger partial charge in [0.25, 0.3) is 5.91 Å². The van der Waals surface area contributed by atoms with Gasteiger partial charge in [-0.05, 0) is 32.4 Å². The quantitative estimate of drug-likeness (QED) is 0.674. The molecule has 1 saturated heterocycles. The fraction of sp³-hybridized carbons (Fsp3) is 0.500. The molecule has 1 aliphatic heterocycles. The number of amides is 1. The lowest BCUT2D eigenvalue weighted by molar-refractivity contribution is -0.146. The molecule has 22 heavy (non-hydrogen) atoms. The summed E-state index contributed by atoms with van der Waals surface area (Å²) in [6.07, 6.45) is -0.0355. The number of hydrogen-bond acceptors (Lipinski definition) is 5. The molecule has 0 saturated carbocycles. The first-order valence-corrected chi connectivity index (χ1v) is 7.34. The molecular formula is C16H22N2O4. The third-order valence-corrected chi connectivity index (χ3v) is 3.64. The van der Waals surface area contributed by atoms with Gasteiger partial charge >= 0.3 is 5.97 Å². The van der Waals surface area contributed by atoms with Crippen molar-refractivity contribution in [2.24, 2.45) is 0 Å². The fourth-order valence-electron chi connectivity index (χ4n) is 2.54. The topological polar surface area (TPSA) is 81.9 Å². The van der Waals surface area contributed by atoms with Gasteiger partial charge in [0.2, 0.25) is 0 Å². The third-order valence-electron chi connectivity index (χ3n) is 3.64. The molecule has 6 heteroatoms. The van der Waals surface area contributed by atoms with Crippen molar-refractivity contribution in [1.29, 1.82) is 0 Å². The molecule has 6 nitrogen and oxygen atoms in total. The second-order valence-electron chi connectivity index (χ2n) is 5.67. The predicted molar refractivity (Wildman–Crippen MR) is 82.5 cm³/mol. The highest BCUT2D eigenvalue weighted by Gasteiger charge is 2.26. The number of nitrogen functional groups attached to an aromatic ring is 1. The Labute approximate surface area is 130 Å². The molecule has 1 aromatic rings. The van der Waals surface area contributed by atoms with E-state index in [-0.39, 0.29) is 30.3 Å². The molecule has 1 heterocycles. The lowest BCUT2D eigenvalue weighted by atomic mass is 10.1. The number of ether oxygens (including phenoxy) is 2. The van der Waals surface area contributed by atoms with Crippen LogP contribution < -0.4 is 5.73 Å². The minimum atomic E-state index is -0.580. The average Bonchev–Trinajstić information content (AvgIpc) is 2.46. The van der Waals surface area contributed by atoms with Gasteiger partial charge in [-0.3, -0.25) is 4.79 Å². The Morgan fingerprint density at radius 1 is 1.32 bits per heavy atom. The zero-order valence-corrected chi connectivity index (χ0v) is 13.2. The number of carbonyl (C=O) groups excluding carboxylic acids is 2. The Hall–Kier alpha value is -2.08. The molecule has 0 aliphatic carbocycles. The Morgan fingerprint density at radius 3 is 2.59 bits per heavy atom. The third kappa shape index (κ3) is 3.76. The number of benzene rings is 1. The summed E-state index contributed by atoms with van der Waals surface area (Å²) in [5.74, 6) is -0.800. The standard InChI is InChI=1S/C16H22N2O4/c1-10-5-4-6-13(15(10)17)16(20)21-9-14(19)18-7-11(2)22-12(3)8-18/h4-6,11-12H,7-9,17H2,1-3H3/t11-,12-/m1/s1. The zero-order chi connectivity index (χ0) is 16.3.